The average Bonchev–Trinajstić information content (AvgIpc) is 0.832. The Labute approximate surface area is 542 Å². The number of allylic oxidation sites excluding steroid dienone is 2. The number of halogens is 1. The number of aliphatic hydroxyl groups excluding tert-OH is 5. The second-order valence-corrected chi connectivity index (χ2v) is 27.9. The molecule has 0 radical (unpaired) electrons. The first-order valence-corrected chi connectivity index (χ1v) is 34.2. The highest BCUT2D eigenvalue weighted by Crippen LogP contribution is 2.49. The summed E-state index contributed by atoms with van der Waals surface area (Å²) in [6.45, 7) is 11.7. The zero-order valence-electron chi connectivity index (χ0n) is 51.2. The highest BCUT2D eigenvalue weighted by atomic mass is 127. The fourth-order valence-corrected chi connectivity index (χ4v) is 15.3. The Kier molecular flexibility index (Phi) is 28.7. The third-order valence-corrected chi connectivity index (χ3v) is 22.0. The Morgan fingerprint density at radius 1 is 0.909 bits per heavy atom. The van der Waals surface area contributed by atoms with E-state index in [4.69, 9.17) is 68.1 Å². The second kappa shape index (κ2) is 34.1. The molecule has 1 aliphatic carbocycles. The fraction of sp³-hybridized carbons (Fsp3) is 0.672. The van der Waals surface area contributed by atoms with E-state index < -0.39 is 133 Å². The number of thioether (sulfide) groups is 1. The maximum Gasteiger partial charge on any atom is 0.411 e. The lowest BCUT2D eigenvalue weighted by Gasteiger charge is -2.47. The Balaban J connectivity index is 1.28. The van der Waals surface area contributed by atoms with E-state index in [9.17, 15) is 45.0 Å². The summed E-state index contributed by atoms with van der Waals surface area (Å²) in [5, 5.41) is 71.1. The largest absolute Gasteiger partial charge is 0.492 e. The summed E-state index contributed by atoms with van der Waals surface area (Å²) in [7, 11) is 11.2. The maximum absolute atomic E-state index is 14.5. The number of carbonyl (C=O) groups is 3. The third-order valence-electron chi connectivity index (χ3n) is 15.5. The number of aliphatic hydroxyl groups is 6. The van der Waals surface area contributed by atoms with Gasteiger partial charge in [-0.2, -0.15) is 5.48 Å². The molecular weight excluding hydrogens is 1350 g/mol. The normalized spacial score (nSPS) is 34.3. The number of hydrogen-bond donors (Lipinski definition) is 8. The van der Waals surface area contributed by atoms with Crippen LogP contribution in [0.4, 0.5) is 4.79 Å². The van der Waals surface area contributed by atoms with Crippen LogP contribution in [0.25, 0.3) is 0 Å². The minimum Gasteiger partial charge on any atom is -0.492 e. The van der Waals surface area contributed by atoms with Gasteiger partial charge in [-0.1, -0.05) is 57.2 Å². The van der Waals surface area contributed by atoms with E-state index in [1.54, 1.807) is 38.7 Å². The lowest BCUT2D eigenvalue weighted by atomic mass is 9.75. The van der Waals surface area contributed by atoms with Gasteiger partial charge < -0.3 is 92.4 Å². The van der Waals surface area contributed by atoms with Crippen LogP contribution in [-0.2, 0) is 52.3 Å². The van der Waals surface area contributed by atoms with Crippen molar-refractivity contribution in [2.24, 2.45) is 0 Å². The predicted molar refractivity (Wildman–Crippen MR) is 337 cm³/mol. The van der Waals surface area contributed by atoms with Crippen molar-refractivity contribution in [3.63, 3.8) is 0 Å². The number of rotatable bonds is 23. The minimum absolute atomic E-state index is 0.0111. The number of hydrogen-bond acceptors (Lipinski definition) is 27. The molecule has 492 valence electrons. The molecule has 2 amide bonds. The number of ether oxygens (including phenoxy) is 12. The van der Waals surface area contributed by atoms with Crippen LogP contribution in [0.5, 0.6) is 17.2 Å². The van der Waals surface area contributed by atoms with Gasteiger partial charge in [0.2, 0.25) is 23.1 Å². The van der Waals surface area contributed by atoms with E-state index in [1.165, 1.54) is 85.9 Å². The van der Waals surface area contributed by atoms with Crippen LogP contribution in [0.3, 0.4) is 0 Å². The molecule has 0 saturated carbocycles. The Morgan fingerprint density at radius 3 is 2.23 bits per heavy atom. The van der Waals surface area contributed by atoms with Crippen LogP contribution in [0.15, 0.2) is 35.1 Å². The summed E-state index contributed by atoms with van der Waals surface area (Å²) < 4.78 is 72.8. The molecule has 4 fully saturated rings. The van der Waals surface area contributed by atoms with Crippen LogP contribution < -0.4 is 25.0 Å². The van der Waals surface area contributed by atoms with Crippen molar-refractivity contribution >= 4 is 82.9 Å². The van der Waals surface area contributed by atoms with Crippen molar-refractivity contribution in [1.82, 2.24) is 15.7 Å². The van der Waals surface area contributed by atoms with Gasteiger partial charge in [-0.3, -0.25) is 19.7 Å². The molecular formula is C58H82IN3O22S4. The lowest BCUT2D eigenvalue weighted by Crippen LogP contribution is -2.65. The van der Waals surface area contributed by atoms with Crippen molar-refractivity contribution in [2.75, 3.05) is 60.7 Å². The first kappa shape index (κ1) is 73.9. The molecule has 4 saturated heterocycles. The van der Waals surface area contributed by atoms with E-state index >= 15 is 0 Å². The molecule has 8 N–H and O–H groups in total. The number of hydroxylamine groups is 1. The molecule has 4 aliphatic heterocycles. The number of nitrogens with one attached hydrogen (secondary N) is 2. The standard InChI is InChI=1S/C58H82IN3O22S4/c1-15-17-18-19-20-36(41-32(21-22-86-88-85-14)58(8,71)25-35(65)44(41)60-57(70)76-13)81-56-51(82-38-24-37(72-9)33(26-77-38)62(16-2)31(7)63)46(67)43(28(4)79-56)61-84-39-23-34(64)53(30(6)78-39)87-54(69)40-27(3)42(59)49(52(75-12)48(40)73-10)83-55-47(68)50(74-11)45(66)29(5)80-55/h1,17-18,21,28-30,33-39,43,45-47,50-51,53,55-56,61,64-68,71H,16,22-26H2,2-14H3,(H,60,70)/b18-17-,32-21+/t28-,29+,30-,33+,34+,35?,36?,37+,38+,39+,43-,45+,46+,47-,50-,51-,53-,55+,56+,58+/m1/s1. The zero-order valence-corrected chi connectivity index (χ0v) is 56.6. The molecule has 0 aromatic heterocycles. The van der Waals surface area contributed by atoms with E-state index in [-0.39, 0.29) is 71.4 Å². The molecule has 1 aromatic carbocycles. The predicted octanol–water partition coefficient (Wildman–Crippen LogP) is 3.88. The number of amides is 2. The Morgan fingerprint density at radius 2 is 1.61 bits per heavy atom. The van der Waals surface area contributed by atoms with Crippen LogP contribution >= 0.6 is 65.8 Å². The molecule has 88 heavy (non-hydrogen) atoms. The van der Waals surface area contributed by atoms with Gasteiger partial charge >= 0.3 is 6.09 Å². The summed E-state index contributed by atoms with van der Waals surface area (Å²) in [6, 6.07) is -1.62. The SMILES string of the molecule is C#C/C=C\C#CC(O[C@@H]1O[C@H](C)[C@@H](NO[C@H]2C[C@H](O)[C@H](SC(=O)c3c(C)c(I)c(O[C@@H]4O[C@@H](C)[C@H](O)[C@@H](OC)[C@H]4O)c(OC)c3OC)[C@@H](C)O2)[C@H](O)[C@H]1O[C@H]1C[C@H](OC)[C@@H](N(CC)C(C)=O)CO1)C1=C(NC(=O)OC)C(O)C[C@](C)(O)/C1=C/CSSSC. The maximum atomic E-state index is 14.5. The smallest absolute Gasteiger partial charge is 0.411 e. The molecule has 5 aliphatic rings. The summed E-state index contributed by atoms with van der Waals surface area (Å²) in [5.41, 5.74) is 1.96. The minimum atomic E-state index is -1.71. The van der Waals surface area contributed by atoms with Gasteiger partial charge in [-0.25, -0.2) is 4.79 Å². The quantitative estimate of drug-likeness (QED) is 0.0253. The number of likely N-dealkylation sites (N-methyl/N-ethyl adjacent to an activating group) is 1. The van der Waals surface area contributed by atoms with E-state index in [0.717, 1.165) is 18.9 Å². The molecule has 4 heterocycles. The van der Waals surface area contributed by atoms with Crippen LogP contribution in [0, 0.1) is 34.7 Å². The molecule has 0 spiro atoms. The highest BCUT2D eigenvalue weighted by molar-refractivity contribution is 14.1. The number of benzene rings is 1. The number of carbonyl (C=O) groups excluding carboxylic acids is 3. The zero-order chi connectivity index (χ0) is 64.9. The molecule has 6 rings (SSSR count). The van der Waals surface area contributed by atoms with Gasteiger partial charge in [0.05, 0.1) is 102 Å². The first-order valence-electron chi connectivity index (χ1n) is 28.2. The van der Waals surface area contributed by atoms with Crippen molar-refractivity contribution in [3.05, 3.63) is 49.8 Å². The topological polar surface area (TPSA) is 320 Å². The molecule has 25 nitrogen and oxygen atoms in total. The third kappa shape index (κ3) is 17.6. The monoisotopic (exact) mass is 1430 g/mol. The molecule has 20 atom stereocenters. The molecule has 2 unspecified atom stereocenters. The van der Waals surface area contributed by atoms with Crippen LogP contribution in [0.2, 0.25) is 0 Å². The fourth-order valence-electron chi connectivity index (χ4n) is 11.1. The lowest BCUT2D eigenvalue weighted by molar-refractivity contribution is -0.337. The summed E-state index contributed by atoms with van der Waals surface area (Å²) in [4.78, 5) is 48.0. The van der Waals surface area contributed by atoms with Gasteiger partial charge in [0.15, 0.2) is 30.4 Å². The van der Waals surface area contributed by atoms with Crippen molar-refractivity contribution in [3.8, 4) is 41.4 Å². The first-order chi connectivity index (χ1) is 41.9. The van der Waals surface area contributed by atoms with Crippen LogP contribution in [0.1, 0.15) is 76.7 Å². The van der Waals surface area contributed by atoms with Gasteiger partial charge in [-0.05, 0) is 104 Å². The van der Waals surface area contributed by atoms with Crippen molar-refractivity contribution < 1.29 is 107 Å². The van der Waals surface area contributed by atoms with Gasteiger partial charge in [0.25, 0.3) is 0 Å². The Hall–Kier alpha value is -3.14. The number of methoxy groups -OCH3 is 5. The molecule has 1 aromatic rings. The average molecular weight is 1430 g/mol. The van der Waals surface area contributed by atoms with Gasteiger partial charge in [0.1, 0.15) is 36.6 Å². The second-order valence-electron chi connectivity index (χ2n) is 21.2. The summed E-state index contributed by atoms with van der Waals surface area (Å²) >= 11 is 2.81. The van der Waals surface area contributed by atoms with E-state index in [1.807, 2.05) is 35.8 Å². The highest BCUT2D eigenvalue weighted by Gasteiger charge is 2.52. The van der Waals surface area contributed by atoms with Crippen LogP contribution in [-0.4, -0.2) is 235 Å². The number of terminal acetylenes is 1. The van der Waals surface area contributed by atoms with Crippen molar-refractivity contribution in [2.45, 2.75) is 189 Å². The number of nitrogens with zero attached hydrogens (tertiary/aromatic N) is 1. The van der Waals surface area contributed by atoms with Crippen molar-refractivity contribution in [1.29, 1.82) is 0 Å². The number of alkyl carbamates (subject to hydrolysis) is 1. The Bertz CT molecular complexity index is 2750. The molecule has 0 bridgehead atoms. The van der Waals surface area contributed by atoms with Gasteiger partial charge in [-0.15, -0.1) is 6.42 Å². The van der Waals surface area contributed by atoms with E-state index in [0.29, 0.717) is 21.4 Å². The van der Waals surface area contributed by atoms with Gasteiger partial charge in [0, 0.05) is 58.3 Å². The molecule has 30 heteroatoms. The van der Waals surface area contributed by atoms with E-state index in [2.05, 4.69) is 28.6 Å². The summed E-state index contributed by atoms with van der Waals surface area (Å²) in [6.07, 6.45) is -8.46. The summed E-state index contributed by atoms with van der Waals surface area (Å²) in [5.74, 6) is 8.56.